The zero-order valence-corrected chi connectivity index (χ0v) is 37.9. The Morgan fingerprint density at radius 1 is 0.649 bits per heavy atom. The number of hydrogen-bond donors (Lipinski definition) is 6. The normalized spacial score (nSPS) is 12.3. The smallest absolute Gasteiger partial charge is 0.447 e. The van der Waals surface area contributed by atoms with Gasteiger partial charge in [-0.05, 0) is 56.5 Å². The third-order valence-electron chi connectivity index (χ3n) is 8.20. The van der Waals surface area contributed by atoms with Gasteiger partial charge in [0, 0.05) is 59.2 Å². The fourth-order valence-corrected chi connectivity index (χ4v) is 7.84. The van der Waals surface area contributed by atoms with Gasteiger partial charge in [0.25, 0.3) is 0 Å². The highest BCUT2D eigenvalue weighted by atomic mass is 32.2. The lowest BCUT2D eigenvalue weighted by atomic mass is 10.2. The number of amides is 5. The van der Waals surface area contributed by atoms with Crippen LogP contribution >= 0.6 is 40.3 Å². The number of methoxy groups -OCH3 is 1. The highest BCUT2D eigenvalue weighted by Gasteiger charge is 2.19. The number of phosphoric acid groups is 1. The number of thioether (sulfide) groups is 2. The summed E-state index contributed by atoms with van der Waals surface area (Å²) in [4.78, 5) is 72.1. The number of nitrogens with zero attached hydrogens (tertiary/aromatic N) is 1. The molecule has 0 spiro atoms. The number of carbonyl (C=O) groups excluding carboxylic acids is 5. The molecular weight excluding hydrogens is 819 g/mol. The Kier molecular flexibility index (Phi) is 38.6. The molecule has 0 bridgehead atoms. The molecule has 0 aliphatic rings. The fourth-order valence-electron chi connectivity index (χ4n) is 5.06. The highest BCUT2D eigenvalue weighted by molar-refractivity contribution is 8.00. The number of carbonyl (C=O) groups is 5. The average Bonchev–Trinajstić information content (AvgIpc) is 3.17. The second-order valence-electron chi connectivity index (χ2n) is 13.2. The van der Waals surface area contributed by atoms with Gasteiger partial charge in [-0.25, -0.2) is 9.36 Å². The van der Waals surface area contributed by atoms with E-state index >= 15 is 0 Å². The maximum absolute atomic E-state index is 12.6. The lowest BCUT2D eigenvalue weighted by Crippen LogP contribution is -2.43. The van der Waals surface area contributed by atoms with Crippen molar-refractivity contribution < 1.29 is 51.7 Å². The number of hydrogen-bond acceptors (Lipinski definition) is 13. The van der Waals surface area contributed by atoms with E-state index in [0.29, 0.717) is 56.7 Å². The largest absolute Gasteiger partial charge is 0.476 e. The van der Waals surface area contributed by atoms with Gasteiger partial charge in [-0.2, -0.15) is 23.5 Å². The molecular formula is C36H72N6O11P2S2. The topological polar surface area (TPSA) is 237 Å². The molecule has 2 unspecified atom stereocenters. The maximum atomic E-state index is 12.6. The van der Waals surface area contributed by atoms with E-state index in [1.54, 1.807) is 23.5 Å². The van der Waals surface area contributed by atoms with Crippen molar-refractivity contribution in [2.24, 2.45) is 5.50 Å². The van der Waals surface area contributed by atoms with E-state index in [1.807, 2.05) is 0 Å². The summed E-state index contributed by atoms with van der Waals surface area (Å²) in [5.74, 6) is 2.51. The van der Waals surface area contributed by atoms with Gasteiger partial charge in [-0.3, -0.25) is 33.5 Å². The molecule has 0 heterocycles. The van der Waals surface area contributed by atoms with Crippen molar-refractivity contribution in [2.45, 2.75) is 110 Å². The summed E-state index contributed by atoms with van der Waals surface area (Å²) in [6, 6.07) is 0. The van der Waals surface area contributed by atoms with E-state index in [1.165, 1.54) is 31.3 Å². The predicted molar refractivity (Wildman–Crippen MR) is 230 cm³/mol. The van der Waals surface area contributed by atoms with Crippen molar-refractivity contribution >= 4 is 70.0 Å². The Hall–Kier alpha value is -1.69. The molecule has 21 heteroatoms. The average molecular weight is 891 g/mol. The van der Waals surface area contributed by atoms with Gasteiger partial charge in [-0.15, -0.1) is 0 Å². The van der Waals surface area contributed by atoms with Crippen LogP contribution in [-0.4, -0.2) is 129 Å². The monoisotopic (exact) mass is 890 g/mol. The van der Waals surface area contributed by atoms with Crippen molar-refractivity contribution in [1.29, 1.82) is 0 Å². The molecule has 57 heavy (non-hydrogen) atoms. The summed E-state index contributed by atoms with van der Waals surface area (Å²) in [6.07, 6.45) is 12.8. The second kappa shape index (κ2) is 39.8. The molecule has 0 saturated heterocycles. The Morgan fingerprint density at radius 2 is 1.14 bits per heavy atom. The van der Waals surface area contributed by atoms with E-state index in [2.05, 4.69) is 32.5 Å². The van der Waals surface area contributed by atoms with Crippen LogP contribution in [0.4, 0.5) is 4.79 Å². The first-order chi connectivity index (χ1) is 27.5. The second-order valence-corrected chi connectivity index (χ2v) is 17.6. The zero-order valence-electron chi connectivity index (χ0n) is 34.3. The van der Waals surface area contributed by atoms with Crippen molar-refractivity contribution in [3.63, 3.8) is 0 Å². The summed E-state index contributed by atoms with van der Waals surface area (Å²) in [5, 5.41) is 11.5. The van der Waals surface area contributed by atoms with E-state index < -0.39 is 22.9 Å². The van der Waals surface area contributed by atoms with Gasteiger partial charge in [0.05, 0.1) is 33.7 Å². The first-order valence-electron chi connectivity index (χ1n) is 20.3. The molecule has 0 aliphatic heterocycles. The number of nitrogens with two attached hydrogens (primary N) is 1. The van der Waals surface area contributed by atoms with Gasteiger partial charge in [-0.1, -0.05) is 51.9 Å². The molecule has 0 radical (unpaired) electrons. The van der Waals surface area contributed by atoms with E-state index in [-0.39, 0.29) is 69.6 Å². The third-order valence-corrected chi connectivity index (χ3v) is 12.1. The van der Waals surface area contributed by atoms with Gasteiger partial charge >= 0.3 is 13.9 Å². The molecule has 0 aliphatic carbocycles. The standard InChI is InChI=1S/C36H72N6O11P2S2/c1-3-4-5-15-28-56-30-34(45)38-19-12-8-10-17-32(43)40-21-23-42(36(47)51-27-26-50-2)24-22-41-33(44)18-11-9-13-20-39-35(46)31-57-29-16-7-6-14-25-52-55(48,49)53-54-37/h54H,3-31,37H2,1-2H3,(H,38,45)(H,39,46)(H,40,43)(H,41,44)(H,48,49). The number of phosphoric ester groups is 1. The molecule has 0 saturated carbocycles. The zero-order chi connectivity index (χ0) is 42.2. The van der Waals surface area contributed by atoms with Crippen LogP contribution in [0.15, 0.2) is 0 Å². The van der Waals surface area contributed by atoms with Crippen LogP contribution in [0.3, 0.4) is 0 Å². The van der Waals surface area contributed by atoms with Crippen LogP contribution in [0.2, 0.25) is 0 Å². The van der Waals surface area contributed by atoms with Crippen LogP contribution in [0.1, 0.15) is 110 Å². The van der Waals surface area contributed by atoms with Crippen LogP contribution in [-0.2, 0) is 42.1 Å². The minimum absolute atomic E-state index is 0.0259. The molecule has 17 nitrogen and oxygen atoms in total. The Morgan fingerprint density at radius 3 is 1.65 bits per heavy atom. The third kappa shape index (κ3) is 38.3. The number of ether oxygens (including phenoxy) is 2. The Balaban J connectivity index is 4.04. The molecule has 334 valence electrons. The van der Waals surface area contributed by atoms with Crippen molar-refractivity contribution in [2.75, 3.05) is 89.2 Å². The van der Waals surface area contributed by atoms with Crippen LogP contribution in [0, 0.1) is 0 Å². The minimum atomic E-state index is -4.03. The number of unbranched alkanes of at least 4 members (excludes halogenated alkanes) is 10. The van der Waals surface area contributed by atoms with Crippen molar-refractivity contribution in [1.82, 2.24) is 26.2 Å². The lowest BCUT2D eigenvalue weighted by molar-refractivity contribution is -0.121. The maximum Gasteiger partial charge on any atom is 0.476 e. The van der Waals surface area contributed by atoms with Crippen molar-refractivity contribution in [3.05, 3.63) is 0 Å². The van der Waals surface area contributed by atoms with Gasteiger partial charge in [0.2, 0.25) is 23.6 Å². The molecule has 0 fully saturated rings. The van der Waals surface area contributed by atoms with Crippen molar-refractivity contribution in [3.8, 4) is 0 Å². The molecule has 0 aromatic heterocycles. The predicted octanol–water partition coefficient (Wildman–Crippen LogP) is 4.86. The molecule has 0 rings (SSSR count). The van der Waals surface area contributed by atoms with E-state index in [9.17, 15) is 33.4 Å². The SMILES string of the molecule is CCCCCCSCC(=O)NCCCCCC(=O)NCCN(CCNC(=O)CCCCCNC(=O)CSCCCCCCOP(=O)(O)OPN)C(=O)OCCOC. The molecule has 7 N–H and O–H groups in total. The Labute approximate surface area is 351 Å². The van der Waals surface area contributed by atoms with E-state index in [4.69, 9.17) is 19.5 Å². The summed E-state index contributed by atoms with van der Waals surface area (Å²) in [7, 11) is -3.12. The van der Waals surface area contributed by atoms with Gasteiger partial charge in [0.15, 0.2) is 0 Å². The molecule has 5 amide bonds. The van der Waals surface area contributed by atoms with E-state index in [0.717, 1.165) is 62.9 Å². The molecule has 0 aromatic rings. The lowest BCUT2D eigenvalue weighted by Gasteiger charge is -2.22. The van der Waals surface area contributed by atoms with Crippen LogP contribution in [0.5, 0.6) is 0 Å². The Bertz CT molecular complexity index is 1120. The quantitative estimate of drug-likeness (QED) is 0.0356. The first-order valence-corrected chi connectivity index (χ1v) is 25.1. The summed E-state index contributed by atoms with van der Waals surface area (Å²) in [5.41, 5.74) is 5.10. The highest BCUT2D eigenvalue weighted by Crippen LogP contribution is 2.47. The van der Waals surface area contributed by atoms with Crippen LogP contribution in [0.25, 0.3) is 0 Å². The summed E-state index contributed by atoms with van der Waals surface area (Å²) in [6.45, 7) is 4.72. The number of rotatable bonds is 40. The van der Waals surface area contributed by atoms with Crippen LogP contribution < -0.4 is 26.8 Å². The first kappa shape index (κ1) is 55.3. The van der Waals surface area contributed by atoms with Gasteiger partial charge < -0.3 is 40.5 Å². The fraction of sp³-hybridized carbons (Fsp3) is 0.861. The number of nitrogens with one attached hydrogen (secondary N) is 4. The van der Waals surface area contributed by atoms with Gasteiger partial charge in [0.1, 0.15) is 6.61 Å². The molecule has 2 atom stereocenters. The minimum Gasteiger partial charge on any atom is -0.447 e. The summed E-state index contributed by atoms with van der Waals surface area (Å²) >= 11 is 3.23. The summed E-state index contributed by atoms with van der Waals surface area (Å²) < 4.78 is 30.8. The molecule has 0 aromatic carbocycles.